The van der Waals surface area contributed by atoms with Gasteiger partial charge in [-0.25, -0.2) is 9.97 Å². The van der Waals surface area contributed by atoms with Crippen molar-refractivity contribution in [2.24, 2.45) is 0 Å². The summed E-state index contributed by atoms with van der Waals surface area (Å²) in [7, 11) is 0. The lowest BCUT2D eigenvalue weighted by molar-refractivity contribution is 0.0374. The number of fused-ring (bicyclic) bond motifs is 1. The van der Waals surface area contributed by atoms with E-state index in [1.165, 1.54) is 6.33 Å². The Balaban J connectivity index is 1.43. The summed E-state index contributed by atoms with van der Waals surface area (Å²) in [5.41, 5.74) is 1.04. The van der Waals surface area contributed by atoms with Gasteiger partial charge in [0.05, 0.1) is 24.2 Å². The maximum atomic E-state index is 12.8. The van der Waals surface area contributed by atoms with Crippen molar-refractivity contribution in [3.05, 3.63) is 17.7 Å². The topological polar surface area (TPSA) is 92.5 Å². The normalized spacial score (nSPS) is 19.2. The molecular weight excluding hydrogens is 346 g/mol. The van der Waals surface area contributed by atoms with Gasteiger partial charge in [-0.05, 0) is 39.7 Å². The SMILES string of the molecule is Cc1oc2ncnc(NC3(C)CC3)c2c1C(=O)NCCCN1CCOCC1. The van der Waals surface area contributed by atoms with Crippen LogP contribution >= 0.6 is 0 Å². The van der Waals surface area contributed by atoms with Crippen LogP contribution in [0, 0.1) is 6.92 Å². The number of carbonyl (C=O) groups is 1. The second-order valence-corrected chi connectivity index (χ2v) is 7.68. The Hall–Kier alpha value is -2.19. The summed E-state index contributed by atoms with van der Waals surface area (Å²) in [6.07, 6.45) is 4.57. The molecule has 27 heavy (non-hydrogen) atoms. The van der Waals surface area contributed by atoms with Crippen LogP contribution in [0.4, 0.5) is 5.82 Å². The number of ether oxygens (including phenoxy) is 1. The summed E-state index contributed by atoms with van der Waals surface area (Å²) in [6, 6.07) is 0. The zero-order valence-corrected chi connectivity index (χ0v) is 16.0. The van der Waals surface area contributed by atoms with Crippen LogP contribution in [0.3, 0.4) is 0 Å². The van der Waals surface area contributed by atoms with Gasteiger partial charge in [-0.3, -0.25) is 9.69 Å². The monoisotopic (exact) mass is 373 g/mol. The molecule has 0 spiro atoms. The van der Waals surface area contributed by atoms with Gasteiger partial charge < -0.3 is 19.8 Å². The number of rotatable bonds is 7. The molecule has 2 N–H and O–H groups in total. The number of aryl methyl sites for hydroxylation is 1. The molecule has 0 atom stereocenters. The Morgan fingerprint density at radius 3 is 2.81 bits per heavy atom. The van der Waals surface area contributed by atoms with Crippen molar-refractivity contribution < 1.29 is 13.9 Å². The molecular formula is C19H27N5O3. The highest BCUT2D eigenvalue weighted by atomic mass is 16.5. The molecule has 146 valence electrons. The molecule has 2 aromatic heterocycles. The third-order valence-corrected chi connectivity index (χ3v) is 5.35. The maximum absolute atomic E-state index is 12.8. The Labute approximate surface area is 158 Å². The first kappa shape index (κ1) is 18.2. The van der Waals surface area contributed by atoms with Crippen molar-refractivity contribution >= 4 is 22.8 Å². The minimum atomic E-state index is -0.132. The largest absolute Gasteiger partial charge is 0.442 e. The molecule has 1 saturated carbocycles. The summed E-state index contributed by atoms with van der Waals surface area (Å²) in [6.45, 7) is 9.04. The van der Waals surface area contributed by atoms with E-state index in [0.717, 1.165) is 52.1 Å². The molecule has 2 aliphatic rings. The van der Waals surface area contributed by atoms with Gasteiger partial charge in [-0.2, -0.15) is 0 Å². The fraction of sp³-hybridized carbons (Fsp3) is 0.632. The molecule has 1 saturated heterocycles. The summed E-state index contributed by atoms with van der Waals surface area (Å²) in [4.78, 5) is 23.8. The fourth-order valence-electron chi connectivity index (χ4n) is 3.43. The summed E-state index contributed by atoms with van der Waals surface area (Å²) in [5.74, 6) is 1.11. The molecule has 2 fully saturated rings. The van der Waals surface area contributed by atoms with E-state index >= 15 is 0 Å². The van der Waals surface area contributed by atoms with Crippen molar-refractivity contribution in [3.63, 3.8) is 0 Å². The van der Waals surface area contributed by atoms with Crippen molar-refractivity contribution in [2.75, 3.05) is 44.7 Å². The van der Waals surface area contributed by atoms with Gasteiger partial charge in [0.25, 0.3) is 5.91 Å². The second-order valence-electron chi connectivity index (χ2n) is 7.68. The van der Waals surface area contributed by atoms with E-state index in [2.05, 4.69) is 32.4 Å². The number of anilines is 1. The number of hydrogen-bond acceptors (Lipinski definition) is 7. The van der Waals surface area contributed by atoms with Gasteiger partial charge in [0, 0.05) is 25.2 Å². The van der Waals surface area contributed by atoms with Crippen LogP contribution in [0.5, 0.6) is 0 Å². The first-order valence-corrected chi connectivity index (χ1v) is 9.66. The van der Waals surface area contributed by atoms with Crippen LogP contribution in [0.1, 0.15) is 42.3 Å². The molecule has 1 amide bonds. The number of hydrogen-bond donors (Lipinski definition) is 2. The maximum Gasteiger partial charge on any atom is 0.255 e. The zero-order valence-electron chi connectivity index (χ0n) is 16.0. The molecule has 0 aromatic carbocycles. The van der Waals surface area contributed by atoms with Gasteiger partial charge in [0.2, 0.25) is 5.71 Å². The van der Waals surface area contributed by atoms with Gasteiger partial charge in [-0.15, -0.1) is 0 Å². The first-order chi connectivity index (χ1) is 13.1. The third kappa shape index (κ3) is 4.06. The van der Waals surface area contributed by atoms with E-state index in [1.807, 2.05) is 0 Å². The van der Waals surface area contributed by atoms with E-state index in [4.69, 9.17) is 9.15 Å². The predicted octanol–water partition coefficient (Wildman–Crippen LogP) is 1.95. The lowest BCUT2D eigenvalue weighted by Gasteiger charge is -2.26. The molecule has 1 aliphatic carbocycles. The van der Waals surface area contributed by atoms with Crippen LogP contribution in [-0.4, -0.2) is 65.7 Å². The molecule has 3 heterocycles. The standard InChI is InChI=1S/C19H27N5O3/c1-13-14(17(25)20-6-3-7-24-8-10-26-11-9-24)15-16(23-19(2)4-5-19)21-12-22-18(15)27-13/h12H,3-11H2,1-2H3,(H,20,25)(H,21,22,23). The predicted molar refractivity (Wildman–Crippen MR) is 102 cm³/mol. The van der Waals surface area contributed by atoms with Crippen molar-refractivity contribution in [3.8, 4) is 0 Å². The highest BCUT2D eigenvalue weighted by molar-refractivity contribution is 6.10. The number of aromatic nitrogens is 2. The summed E-state index contributed by atoms with van der Waals surface area (Å²) < 4.78 is 11.1. The number of carbonyl (C=O) groups excluding carboxylic acids is 1. The molecule has 0 radical (unpaired) electrons. The zero-order chi connectivity index (χ0) is 18.9. The lowest BCUT2D eigenvalue weighted by Crippen LogP contribution is -2.38. The average Bonchev–Trinajstić information content (AvgIpc) is 3.28. The van der Waals surface area contributed by atoms with Gasteiger partial charge in [0.15, 0.2) is 0 Å². The minimum absolute atomic E-state index is 0.0539. The summed E-state index contributed by atoms with van der Waals surface area (Å²) in [5, 5.41) is 7.14. The molecule has 2 aromatic rings. The van der Waals surface area contributed by atoms with Gasteiger partial charge >= 0.3 is 0 Å². The van der Waals surface area contributed by atoms with Crippen LogP contribution in [0.15, 0.2) is 10.7 Å². The van der Waals surface area contributed by atoms with E-state index < -0.39 is 0 Å². The molecule has 0 unspecified atom stereocenters. The Morgan fingerprint density at radius 2 is 2.07 bits per heavy atom. The Bertz CT molecular complexity index is 824. The van der Waals surface area contributed by atoms with E-state index in [0.29, 0.717) is 34.8 Å². The number of furan rings is 1. The minimum Gasteiger partial charge on any atom is -0.442 e. The molecule has 4 rings (SSSR count). The number of nitrogens with one attached hydrogen (secondary N) is 2. The fourth-order valence-corrected chi connectivity index (χ4v) is 3.43. The second kappa shape index (κ2) is 7.44. The quantitative estimate of drug-likeness (QED) is 0.717. The number of nitrogens with zero attached hydrogens (tertiary/aromatic N) is 3. The van der Waals surface area contributed by atoms with Crippen LogP contribution < -0.4 is 10.6 Å². The third-order valence-electron chi connectivity index (χ3n) is 5.35. The lowest BCUT2D eigenvalue weighted by atomic mass is 10.1. The number of morpholine rings is 1. The van der Waals surface area contributed by atoms with Crippen LogP contribution in [-0.2, 0) is 4.74 Å². The van der Waals surface area contributed by atoms with Crippen molar-refractivity contribution in [2.45, 2.75) is 38.6 Å². The van der Waals surface area contributed by atoms with Crippen molar-refractivity contribution in [1.29, 1.82) is 0 Å². The molecule has 8 nitrogen and oxygen atoms in total. The van der Waals surface area contributed by atoms with E-state index in [-0.39, 0.29) is 11.4 Å². The molecule has 0 bridgehead atoms. The first-order valence-electron chi connectivity index (χ1n) is 9.66. The highest BCUT2D eigenvalue weighted by Gasteiger charge is 2.38. The van der Waals surface area contributed by atoms with Crippen LogP contribution in [0.2, 0.25) is 0 Å². The van der Waals surface area contributed by atoms with E-state index in [9.17, 15) is 4.79 Å². The Kier molecular flexibility index (Phi) is 5.01. The highest BCUT2D eigenvalue weighted by Crippen LogP contribution is 2.40. The Morgan fingerprint density at radius 1 is 1.30 bits per heavy atom. The number of amides is 1. The average molecular weight is 373 g/mol. The smallest absolute Gasteiger partial charge is 0.255 e. The van der Waals surface area contributed by atoms with Crippen LogP contribution in [0.25, 0.3) is 11.1 Å². The summed E-state index contributed by atoms with van der Waals surface area (Å²) >= 11 is 0. The van der Waals surface area contributed by atoms with E-state index in [1.54, 1.807) is 6.92 Å². The molecule has 8 heteroatoms. The van der Waals surface area contributed by atoms with Crippen molar-refractivity contribution in [1.82, 2.24) is 20.2 Å². The molecule has 1 aliphatic heterocycles. The van der Waals surface area contributed by atoms with Gasteiger partial charge in [-0.1, -0.05) is 0 Å². The van der Waals surface area contributed by atoms with Gasteiger partial charge in [0.1, 0.15) is 17.9 Å².